The summed E-state index contributed by atoms with van der Waals surface area (Å²) >= 11 is 0. The fourth-order valence-corrected chi connectivity index (χ4v) is 6.85. The Morgan fingerprint density at radius 2 is 1.71 bits per heavy atom. The number of benzene rings is 2. The van der Waals surface area contributed by atoms with E-state index in [0.29, 0.717) is 37.2 Å². The molecule has 2 saturated carbocycles. The van der Waals surface area contributed by atoms with Gasteiger partial charge < -0.3 is 5.32 Å². The van der Waals surface area contributed by atoms with Crippen LogP contribution in [0.1, 0.15) is 62.1 Å². The van der Waals surface area contributed by atoms with E-state index < -0.39 is 28.0 Å². The van der Waals surface area contributed by atoms with Gasteiger partial charge in [0.05, 0.1) is 0 Å². The Morgan fingerprint density at radius 1 is 1.00 bits per heavy atom. The van der Waals surface area contributed by atoms with Crippen molar-refractivity contribution in [3.8, 4) is 0 Å². The number of nitrogens with one attached hydrogen (secondary N) is 2. The maximum atomic E-state index is 14.4. The molecular formula is C28H35FN4O4S. The molecule has 0 aromatic heterocycles. The molecule has 2 N–H and O–H groups in total. The predicted molar refractivity (Wildman–Crippen MR) is 143 cm³/mol. The van der Waals surface area contributed by atoms with Gasteiger partial charge in [-0.3, -0.25) is 14.5 Å². The highest BCUT2D eigenvalue weighted by atomic mass is 32.2. The molecule has 8 nitrogen and oxygen atoms in total. The topological polar surface area (TPSA) is 98.6 Å². The Balaban J connectivity index is 1.45. The third kappa shape index (κ3) is 5.92. The second-order valence-corrected chi connectivity index (χ2v) is 12.4. The predicted octanol–water partition coefficient (Wildman–Crippen LogP) is 3.59. The van der Waals surface area contributed by atoms with E-state index in [0.717, 1.165) is 37.7 Å². The van der Waals surface area contributed by atoms with Crippen molar-refractivity contribution < 1.29 is 22.4 Å². The minimum atomic E-state index is -3.52. The molecule has 0 radical (unpaired) electrons. The fraction of sp³-hybridized carbons (Fsp3) is 0.500. The van der Waals surface area contributed by atoms with Crippen molar-refractivity contribution in [2.24, 2.45) is 5.92 Å². The van der Waals surface area contributed by atoms with Gasteiger partial charge in [0.1, 0.15) is 11.9 Å². The molecule has 2 aromatic rings. The van der Waals surface area contributed by atoms with Crippen LogP contribution in [0.15, 0.2) is 48.5 Å². The summed E-state index contributed by atoms with van der Waals surface area (Å²) in [7, 11) is -3.52. The summed E-state index contributed by atoms with van der Waals surface area (Å²) in [6.45, 7) is 2.91. The number of carbonyl (C=O) groups excluding carboxylic acids is 2. The summed E-state index contributed by atoms with van der Waals surface area (Å²) in [5.41, 5.74) is 1.83. The number of hydrogen-bond acceptors (Lipinski definition) is 4. The van der Waals surface area contributed by atoms with Crippen molar-refractivity contribution in [1.82, 2.24) is 14.3 Å². The fourth-order valence-electron chi connectivity index (χ4n) is 5.53. The van der Waals surface area contributed by atoms with Crippen LogP contribution in [0.3, 0.4) is 0 Å². The zero-order chi connectivity index (χ0) is 26.9. The lowest BCUT2D eigenvalue weighted by Gasteiger charge is -2.41. The van der Waals surface area contributed by atoms with E-state index in [1.54, 1.807) is 6.07 Å². The van der Waals surface area contributed by atoms with Gasteiger partial charge in [0.2, 0.25) is 11.8 Å². The van der Waals surface area contributed by atoms with Crippen LogP contribution in [0.4, 0.5) is 10.1 Å². The summed E-state index contributed by atoms with van der Waals surface area (Å²) in [6.07, 6.45) is 5.66. The number of aryl methyl sites for hydroxylation is 1. The van der Waals surface area contributed by atoms with Crippen molar-refractivity contribution >= 4 is 27.7 Å². The van der Waals surface area contributed by atoms with Gasteiger partial charge in [-0.25, -0.2) is 4.39 Å². The van der Waals surface area contributed by atoms with E-state index >= 15 is 0 Å². The van der Waals surface area contributed by atoms with Gasteiger partial charge in [-0.1, -0.05) is 49.6 Å². The average Bonchev–Trinajstić information content (AvgIpc) is 3.72. The Morgan fingerprint density at radius 3 is 2.37 bits per heavy atom. The molecule has 2 amide bonds. The van der Waals surface area contributed by atoms with E-state index in [9.17, 15) is 22.4 Å². The molecule has 1 saturated heterocycles. The Labute approximate surface area is 223 Å². The van der Waals surface area contributed by atoms with Crippen LogP contribution in [0.2, 0.25) is 0 Å². The van der Waals surface area contributed by atoms with Gasteiger partial charge >= 0.3 is 0 Å². The number of nitrogens with zero attached hydrogens (tertiary/aromatic N) is 2. The third-order valence-electron chi connectivity index (χ3n) is 7.81. The van der Waals surface area contributed by atoms with Crippen molar-refractivity contribution in [1.29, 1.82) is 0 Å². The molecule has 5 rings (SSSR count). The van der Waals surface area contributed by atoms with E-state index in [1.165, 1.54) is 27.4 Å². The van der Waals surface area contributed by atoms with Crippen LogP contribution in [0.25, 0.3) is 0 Å². The molecule has 1 atom stereocenters. The number of amides is 2. The van der Waals surface area contributed by atoms with Crippen LogP contribution in [-0.2, 0) is 19.8 Å². The lowest BCUT2D eigenvalue weighted by molar-refractivity contribution is -0.130. The molecule has 0 spiro atoms. The normalized spacial score (nSPS) is 22.8. The number of halogens is 1. The van der Waals surface area contributed by atoms with Gasteiger partial charge in [0.15, 0.2) is 0 Å². The quantitative estimate of drug-likeness (QED) is 0.473. The average molecular weight is 543 g/mol. The molecule has 3 aliphatic rings. The highest BCUT2D eigenvalue weighted by molar-refractivity contribution is 7.87. The molecular weight excluding hydrogens is 507 g/mol. The summed E-state index contributed by atoms with van der Waals surface area (Å²) in [5.74, 6) is -1.60. The maximum Gasteiger partial charge on any atom is 0.279 e. The number of anilines is 1. The van der Waals surface area contributed by atoms with E-state index in [-0.39, 0.29) is 23.9 Å². The van der Waals surface area contributed by atoms with Crippen molar-refractivity contribution in [3.63, 3.8) is 0 Å². The van der Waals surface area contributed by atoms with Gasteiger partial charge in [-0.15, -0.1) is 0 Å². The Kier molecular flexibility index (Phi) is 7.83. The Bertz CT molecular complexity index is 1290. The van der Waals surface area contributed by atoms with Crippen molar-refractivity contribution in [2.45, 2.75) is 70.0 Å². The number of carbonyl (C=O) groups is 2. The lowest BCUT2D eigenvalue weighted by Crippen LogP contribution is -2.54. The van der Waals surface area contributed by atoms with Crippen LogP contribution in [0, 0.1) is 18.7 Å². The molecule has 0 bridgehead atoms. The molecule has 1 heterocycles. The zero-order valence-electron chi connectivity index (χ0n) is 21.6. The SMILES string of the molecule is Cc1ccccc1[C@H](C(=O)NC1CCCCC1)N(c1cccc(F)c1)C(=O)[C@H]1C[C@@H](NS(=O)(=O)N2CC2)C1. The zero-order valence-corrected chi connectivity index (χ0v) is 22.4. The first-order valence-corrected chi connectivity index (χ1v) is 14.9. The Hall–Kier alpha value is -2.82. The van der Waals surface area contributed by atoms with Crippen LogP contribution >= 0.6 is 0 Å². The molecule has 0 unspecified atom stereocenters. The monoisotopic (exact) mass is 542 g/mol. The number of rotatable bonds is 9. The minimum Gasteiger partial charge on any atom is -0.351 e. The summed E-state index contributed by atoms with van der Waals surface area (Å²) in [5, 5.41) is 3.17. The first kappa shape index (κ1) is 26.8. The third-order valence-corrected chi connectivity index (χ3v) is 9.49. The van der Waals surface area contributed by atoms with Gasteiger partial charge in [-0.2, -0.15) is 17.4 Å². The lowest BCUT2D eigenvalue weighted by atomic mass is 9.79. The largest absolute Gasteiger partial charge is 0.351 e. The van der Waals surface area contributed by atoms with E-state index in [2.05, 4.69) is 10.0 Å². The molecule has 10 heteroatoms. The molecule has 1 aliphatic heterocycles. The first-order chi connectivity index (χ1) is 18.2. The second-order valence-electron chi connectivity index (χ2n) is 10.7. The molecule has 2 aromatic carbocycles. The van der Waals surface area contributed by atoms with Gasteiger partial charge in [0.25, 0.3) is 10.2 Å². The highest BCUT2D eigenvalue weighted by Crippen LogP contribution is 2.37. The maximum absolute atomic E-state index is 14.4. The number of hydrogen-bond donors (Lipinski definition) is 2. The van der Waals surface area contributed by atoms with E-state index in [4.69, 9.17) is 0 Å². The van der Waals surface area contributed by atoms with Gasteiger partial charge in [0, 0.05) is 36.8 Å². The molecule has 3 fully saturated rings. The summed E-state index contributed by atoms with van der Waals surface area (Å²) in [4.78, 5) is 29.4. The molecule has 204 valence electrons. The highest BCUT2D eigenvalue weighted by Gasteiger charge is 2.44. The molecule has 38 heavy (non-hydrogen) atoms. The molecule has 2 aliphatic carbocycles. The second kappa shape index (κ2) is 11.1. The first-order valence-electron chi connectivity index (χ1n) is 13.4. The standard InChI is InChI=1S/C28H35FN4O4S/c1-19-8-5-6-13-25(19)26(27(34)30-22-10-3-2-4-11-22)33(24-12-7-9-21(29)18-24)28(35)20-16-23(17-20)31-38(36,37)32-14-15-32/h5-9,12-13,18,20,22-23,26,31H,2-4,10-11,14-17H2,1H3,(H,30,34)/t20-,23+,26-/m1/s1. The van der Waals surface area contributed by atoms with E-state index in [1.807, 2.05) is 31.2 Å². The van der Waals surface area contributed by atoms with Crippen molar-refractivity contribution in [3.05, 3.63) is 65.5 Å². The van der Waals surface area contributed by atoms with Crippen LogP contribution in [-0.4, -0.2) is 49.7 Å². The van der Waals surface area contributed by atoms with Crippen molar-refractivity contribution in [2.75, 3.05) is 18.0 Å². The van der Waals surface area contributed by atoms with Crippen LogP contribution in [0.5, 0.6) is 0 Å². The summed E-state index contributed by atoms with van der Waals surface area (Å²) < 4.78 is 43.0. The summed E-state index contributed by atoms with van der Waals surface area (Å²) in [6, 6.07) is 11.9. The van der Waals surface area contributed by atoms with Crippen LogP contribution < -0.4 is 14.9 Å². The smallest absolute Gasteiger partial charge is 0.279 e. The van der Waals surface area contributed by atoms with Gasteiger partial charge in [-0.05, 0) is 61.9 Å². The minimum absolute atomic E-state index is 0.0344.